The van der Waals surface area contributed by atoms with Gasteiger partial charge in [-0.25, -0.2) is 4.98 Å². The molecule has 1 aromatic rings. The van der Waals surface area contributed by atoms with Crippen molar-refractivity contribution in [1.29, 1.82) is 5.26 Å². The predicted molar refractivity (Wildman–Crippen MR) is 42.2 cm³/mol. The van der Waals surface area contributed by atoms with Crippen LogP contribution >= 0.6 is 0 Å². The molecule has 0 unspecified atom stereocenters. The number of hydrogen-bond acceptors (Lipinski definition) is 4. The number of aromatic nitrogens is 1. The topological polar surface area (TPSA) is 55.1 Å². The highest BCUT2D eigenvalue weighted by atomic mass is 19.4. The number of alkyl halides is 3. The van der Waals surface area contributed by atoms with Crippen LogP contribution in [0.1, 0.15) is 5.56 Å². The fraction of sp³-hybridized carbons (Fsp3) is 0.250. The SMILES string of the molecule is COc1ncc(OC(F)(F)F)cc1C#N. The average molecular weight is 218 g/mol. The number of pyridine rings is 1. The third-order valence-corrected chi connectivity index (χ3v) is 1.37. The van der Waals surface area contributed by atoms with Crippen LogP contribution in [-0.4, -0.2) is 18.5 Å². The molecule has 0 aliphatic rings. The van der Waals surface area contributed by atoms with E-state index in [0.29, 0.717) is 0 Å². The maximum absolute atomic E-state index is 11.8. The number of ether oxygens (including phenoxy) is 2. The van der Waals surface area contributed by atoms with Crippen molar-refractivity contribution in [3.05, 3.63) is 17.8 Å². The fourth-order valence-corrected chi connectivity index (χ4v) is 0.865. The summed E-state index contributed by atoms with van der Waals surface area (Å²) >= 11 is 0. The van der Waals surface area contributed by atoms with Crippen LogP contribution in [0.15, 0.2) is 12.3 Å². The monoisotopic (exact) mass is 218 g/mol. The highest BCUT2D eigenvalue weighted by Gasteiger charge is 2.31. The Morgan fingerprint density at radius 1 is 1.47 bits per heavy atom. The molecule has 0 aliphatic carbocycles. The molecular weight excluding hydrogens is 213 g/mol. The molecule has 1 rings (SSSR count). The summed E-state index contributed by atoms with van der Waals surface area (Å²) in [5.41, 5.74) is -0.126. The van der Waals surface area contributed by atoms with Gasteiger partial charge in [0, 0.05) is 6.07 Å². The summed E-state index contributed by atoms with van der Waals surface area (Å²) in [6.45, 7) is 0. The van der Waals surface area contributed by atoms with E-state index in [4.69, 9.17) is 5.26 Å². The van der Waals surface area contributed by atoms with Crippen LogP contribution in [-0.2, 0) is 0 Å². The van der Waals surface area contributed by atoms with Gasteiger partial charge < -0.3 is 9.47 Å². The van der Waals surface area contributed by atoms with Crippen LogP contribution < -0.4 is 9.47 Å². The summed E-state index contributed by atoms with van der Waals surface area (Å²) in [6.07, 6.45) is -3.98. The Morgan fingerprint density at radius 3 is 2.60 bits per heavy atom. The lowest BCUT2D eigenvalue weighted by atomic mass is 10.3. The van der Waals surface area contributed by atoms with Crippen molar-refractivity contribution in [3.8, 4) is 17.7 Å². The van der Waals surface area contributed by atoms with Gasteiger partial charge in [-0.2, -0.15) is 5.26 Å². The molecule has 0 fully saturated rings. The third kappa shape index (κ3) is 3.02. The van der Waals surface area contributed by atoms with Gasteiger partial charge in [0.05, 0.1) is 13.3 Å². The predicted octanol–water partition coefficient (Wildman–Crippen LogP) is 1.86. The van der Waals surface area contributed by atoms with Gasteiger partial charge in [0.1, 0.15) is 17.4 Å². The van der Waals surface area contributed by atoms with Crippen molar-refractivity contribution >= 4 is 0 Å². The molecule has 0 saturated carbocycles. The minimum Gasteiger partial charge on any atom is -0.480 e. The Hall–Kier alpha value is -1.97. The molecule has 0 N–H and O–H groups in total. The maximum atomic E-state index is 11.8. The molecule has 80 valence electrons. The molecule has 0 amide bonds. The zero-order valence-electron chi connectivity index (χ0n) is 7.50. The molecule has 0 saturated heterocycles. The minimum absolute atomic E-state index is 0.0491. The molecule has 0 aromatic carbocycles. The lowest BCUT2D eigenvalue weighted by molar-refractivity contribution is -0.274. The summed E-state index contributed by atoms with van der Waals surface area (Å²) in [5.74, 6) is -0.605. The first-order valence-corrected chi connectivity index (χ1v) is 3.66. The van der Waals surface area contributed by atoms with Crippen LogP contribution in [0.3, 0.4) is 0 Å². The second kappa shape index (κ2) is 4.04. The molecule has 4 nitrogen and oxygen atoms in total. The van der Waals surface area contributed by atoms with E-state index in [2.05, 4.69) is 14.5 Å². The van der Waals surface area contributed by atoms with Gasteiger partial charge in [-0.15, -0.1) is 13.2 Å². The number of hydrogen-bond donors (Lipinski definition) is 0. The zero-order valence-corrected chi connectivity index (χ0v) is 7.50. The Bertz CT molecular complexity index is 398. The first-order chi connectivity index (χ1) is 6.96. The highest BCUT2D eigenvalue weighted by Crippen LogP contribution is 2.25. The second-order valence-electron chi connectivity index (χ2n) is 2.39. The molecule has 1 aromatic heterocycles. The molecule has 0 bridgehead atoms. The van der Waals surface area contributed by atoms with Crippen molar-refractivity contribution in [2.45, 2.75) is 6.36 Å². The third-order valence-electron chi connectivity index (χ3n) is 1.37. The van der Waals surface area contributed by atoms with Crippen molar-refractivity contribution in [2.24, 2.45) is 0 Å². The van der Waals surface area contributed by atoms with Gasteiger partial charge in [-0.3, -0.25) is 0 Å². The van der Waals surface area contributed by atoms with E-state index in [9.17, 15) is 13.2 Å². The zero-order chi connectivity index (χ0) is 11.5. The van der Waals surface area contributed by atoms with Crippen LogP contribution in [0, 0.1) is 11.3 Å². The number of methoxy groups -OCH3 is 1. The summed E-state index contributed by atoms with van der Waals surface area (Å²) in [6, 6.07) is 2.54. The largest absolute Gasteiger partial charge is 0.573 e. The smallest absolute Gasteiger partial charge is 0.480 e. The molecule has 1 heterocycles. The van der Waals surface area contributed by atoms with E-state index < -0.39 is 12.1 Å². The van der Waals surface area contributed by atoms with Crippen LogP contribution in [0.5, 0.6) is 11.6 Å². The van der Waals surface area contributed by atoms with Crippen molar-refractivity contribution in [2.75, 3.05) is 7.11 Å². The Kier molecular flexibility index (Phi) is 2.99. The molecule has 0 radical (unpaired) electrons. The van der Waals surface area contributed by atoms with Gasteiger partial charge in [-0.05, 0) is 0 Å². The van der Waals surface area contributed by atoms with Crippen LogP contribution in [0.2, 0.25) is 0 Å². The summed E-state index contributed by atoms with van der Waals surface area (Å²) in [4.78, 5) is 3.48. The number of halogens is 3. The fourth-order valence-electron chi connectivity index (χ4n) is 0.865. The van der Waals surface area contributed by atoms with Crippen molar-refractivity contribution < 1.29 is 22.6 Å². The van der Waals surface area contributed by atoms with Gasteiger partial charge >= 0.3 is 6.36 Å². The first kappa shape index (κ1) is 11.1. The molecular formula is C8H5F3N2O2. The van der Waals surface area contributed by atoms with Gasteiger partial charge in [0.2, 0.25) is 5.88 Å². The molecule has 15 heavy (non-hydrogen) atoms. The van der Waals surface area contributed by atoms with E-state index >= 15 is 0 Å². The lowest BCUT2D eigenvalue weighted by Crippen LogP contribution is -2.17. The normalized spacial score (nSPS) is 10.6. The van der Waals surface area contributed by atoms with E-state index in [1.165, 1.54) is 7.11 Å². The molecule has 0 spiro atoms. The van der Waals surface area contributed by atoms with Crippen molar-refractivity contribution in [3.63, 3.8) is 0 Å². The van der Waals surface area contributed by atoms with Gasteiger partial charge in [-0.1, -0.05) is 0 Å². The Labute approximate surface area is 82.9 Å². The quantitative estimate of drug-likeness (QED) is 0.760. The summed E-state index contributed by atoms with van der Waals surface area (Å²) in [5, 5.41) is 8.57. The van der Waals surface area contributed by atoms with E-state index in [1.54, 1.807) is 6.07 Å². The van der Waals surface area contributed by atoms with Crippen LogP contribution in [0.25, 0.3) is 0 Å². The second-order valence-corrected chi connectivity index (χ2v) is 2.39. The first-order valence-electron chi connectivity index (χ1n) is 3.66. The van der Waals surface area contributed by atoms with Gasteiger partial charge in [0.25, 0.3) is 0 Å². The van der Waals surface area contributed by atoms with Gasteiger partial charge in [0.15, 0.2) is 0 Å². The minimum atomic E-state index is -4.80. The standard InChI is InChI=1S/C8H5F3N2O2/c1-14-7-5(3-12)2-6(4-13-7)15-8(9,10)11/h2,4H,1H3. The van der Waals surface area contributed by atoms with E-state index in [1.807, 2.05) is 0 Å². The van der Waals surface area contributed by atoms with E-state index in [0.717, 1.165) is 12.3 Å². The summed E-state index contributed by atoms with van der Waals surface area (Å²) in [7, 11) is 1.26. The van der Waals surface area contributed by atoms with Crippen molar-refractivity contribution in [1.82, 2.24) is 4.98 Å². The maximum Gasteiger partial charge on any atom is 0.573 e. The highest BCUT2D eigenvalue weighted by molar-refractivity contribution is 5.42. The molecule has 7 heteroatoms. The number of rotatable bonds is 2. The molecule has 0 aliphatic heterocycles. The number of nitriles is 1. The summed E-state index contributed by atoms with van der Waals surface area (Å²) < 4.78 is 43.6. The lowest BCUT2D eigenvalue weighted by Gasteiger charge is -2.09. The Morgan fingerprint density at radius 2 is 2.13 bits per heavy atom. The van der Waals surface area contributed by atoms with Crippen LogP contribution in [0.4, 0.5) is 13.2 Å². The molecule has 0 atom stereocenters. The average Bonchev–Trinajstić information content (AvgIpc) is 2.15. The Balaban J connectivity index is 3.00. The van der Waals surface area contributed by atoms with E-state index in [-0.39, 0.29) is 11.4 Å². The number of nitrogens with zero attached hydrogens (tertiary/aromatic N) is 2.